The van der Waals surface area contributed by atoms with E-state index in [1.165, 1.54) is 5.56 Å². The molecule has 3 N–H and O–H groups in total. The molecule has 0 spiro atoms. The second kappa shape index (κ2) is 16.0. The second-order valence-corrected chi connectivity index (χ2v) is 8.47. The lowest BCUT2D eigenvalue weighted by Gasteiger charge is -2.15. The van der Waals surface area contributed by atoms with Crippen molar-refractivity contribution in [2.45, 2.75) is 53.1 Å². The molecule has 8 nitrogen and oxygen atoms in total. The lowest BCUT2D eigenvalue weighted by atomic mass is 10.1. The third-order valence-electron chi connectivity index (χ3n) is 4.11. The number of nitrogens with zero attached hydrogens (tertiary/aromatic N) is 3. The number of carbonyl (C=O) groups excluding carboxylic acids is 2. The monoisotopic (exact) mass is 466 g/mol. The molecule has 0 radical (unpaired) electrons. The molecule has 0 fully saturated rings. The van der Waals surface area contributed by atoms with Gasteiger partial charge < -0.3 is 25.5 Å². The molecule has 34 heavy (non-hydrogen) atoms. The smallest absolute Gasteiger partial charge is 0.232 e. The highest BCUT2D eigenvalue weighted by molar-refractivity contribution is 5.61. The van der Waals surface area contributed by atoms with E-state index in [9.17, 15) is 0 Å². The van der Waals surface area contributed by atoms with Gasteiger partial charge in [0.15, 0.2) is 5.82 Å². The Bertz CT molecular complexity index is 957. The van der Waals surface area contributed by atoms with Crippen LogP contribution in [0.1, 0.15) is 40.2 Å². The van der Waals surface area contributed by atoms with Crippen LogP contribution in [0.25, 0.3) is 11.4 Å². The zero-order chi connectivity index (χ0) is 26.1. The molecule has 1 heterocycles. The predicted molar refractivity (Wildman–Crippen MR) is 142 cm³/mol. The molecule has 3 rings (SSSR count). The molecule has 0 saturated carbocycles. The molecule has 0 aliphatic rings. The third kappa shape index (κ3) is 12.4. The molecule has 0 aliphatic carbocycles. The van der Waals surface area contributed by atoms with E-state index in [1.54, 1.807) is 0 Å². The van der Waals surface area contributed by atoms with Crippen molar-refractivity contribution < 1.29 is 9.59 Å². The van der Waals surface area contributed by atoms with Crippen molar-refractivity contribution in [3.8, 4) is 11.4 Å². The van der Waals surface area contributed by atoms with Gasteiger partial charge in [0.2, 0.25) is 11.9 Å². The van der Waals surface area contributed by atoms with E-state index in [2.05, 4.69) is 84.6 Å². The fourth-order valence-corrected chi connectivity index (χ4v) is 2.32. The Morgan fingerprint density at radius 2 is 1.38 bits per heavy atom. The summed E-state index contributed by atoms with van der Waals surface area (Å²) in [5.74, 6) is 1.73. The fraction of sp³-hybridized carbons (Fsp3) is 0.346. The Hall–Kier alpha value is -3.65. The zero-order valence-electron chi connectivity index (χ0n) is 21.3. The van der Waals surface area contributed by atoms with Gasteiger partial charge in [-0.2, -0.15) is 15.0 Å². The van der Waals surface area contributed by atoms with Gasteiger partial charge in [0.25, 0.3) is 0 Å². The molecule has 3 aromatic rings. The number of nitrogens with one attached hydrogen (secondary N) is 3. The highest BCUT2D eigenvalue weighted by atomic mass is 16.1. The van der Waals surface area contributed by atoms with Gasteiger partial charge in [0, 0.05) is 22.8 Å². The van der Waals surface area contributed by atoms with Gasteiger partial charge in [-0.05, 0) is 66.3 Å². The number of rotatable bonds is 5. The lowest BCUT2D eigenvalue weighted by molar-refractivity contribution is -0.0987. The van der Waals surface area contributed by atoms with Gasteiger partial charge in [-0.3, -0.25) is 0 Å². The molecule has 0 bridgehead atoms. The van der Waals surface area contributed by atoms with E-state index in [1.807, 2.05) is 63.1 Å². The number of aryl methyl sites for hydroxylation is 1. The molecule has 184 valence electrons. The minimum atomic E-state index is 0.239. The molecule has 0 unspecified atom stereocenters. The van der Waals surface area contributed by atoms with Crippen molar-refractivity contribution in [2.24, 2.45) is 0 Å². The Kier molecular flexibility index (Phi) is 14.3. The quantitative estimate of drug-likeness (QED) is 0.479. The summed E-state index contributed by atoms with van der Waals surface area (Å²) in [6.45, 7) is 16.6. The van der Waals surface area contributed by atoms with Crippen molar-refractivity contribution in [3.05, 3.63) is 60.2 Å². The van der Waals surface area contributed by atoms with Crippen LogP contribution < -0.4 is 16.0 Å². The van der Waals surface area contributed by atoms with Crippen LogP contribution >= 0.6 is 0 Å². The predicted octanol–water partition coefficient (Wildman–Crippen LogP) is 5.05. The molecule has 2 aromatic carbocycles. The Morgan fingerprint density at radius 1 is 0.824 bits per heavy atom. The van der Waals surface area contributed by atoms with Crippen LogP contribution in [0.2, 0.25) is 0 Å². The van der Waals surface area contributed by atoms with Crippen LogP contribution in [0.15, 0.2) is 54.6 Å². The van der Waals surface area contributed by atoms with E-state index in [0.717, 1.165) is 11.3 Å². The van der Waals surface area contributed by atoms with Gasteiger partial charge in [0.05, 0.1) is 0 Å². The summed E-state index contributed by atoms with van der Waals surface area (Å²) in [5, 5.41) is 9.62. The Balaban J connectivity index is 0.000000938. The van der Waals surface area contributed by atoms with Crippen LogP contribution in [0.4, 0.5) is 17.6 Å². The summed E-state index contributed by atoms with van der Waals surface area (Å²) in [6.07, 6.45) is 0. The molecule has 8 heteroatoms. The first-order valence-electron chi connectivity index (χ1n) is 10.8. The van der Waals surface area contributed by atoms with Crippen molar-refractivity contribution in [3.63, 3.8) is 0 Å². The third-order valence-corrected chi connectivity index (χ3v) is 4.11. The normalized spacial score (nSPS) is 9.88. The maximum Gasteiger partial charge on any atom is 0.232 e. The number of aromatic nitrogens is 3. The number of hydrogen-bond donors (Lipinski definition) is 3. The minimum absolute atomic E-state index is 0.239. The molecule has 0 saturated heterocycles. The Labute approximate surface area is 203 Å². The van der Waals surface area contributed by atoms with Crippen molar-refractivity contribution in [1.82, 2.24) is 20.3 Å². The van der Waals surface area contributed by atoms with Gasteiger partial charge >= 0.3 is 0 Å². The molecule has 1 aromatic heterocycles. The lowest BCUT2D eigenvalue weighted by Crippen LogP contribution is -2.31. The van der Waals surface area contributed by atoms with E-state index in [-0.39, 0.29) is 6.04 Å². The zero-order valence-corrected chi connectivity index (χ0v) is 21.3. The maximum absolute atomic E-state index is 8.00. The minimum Gasteiger partial charge on any atom is -0.352 e. The number of hydrogen-bond acceptors (Lipinski definition) is 8. The van der Waals surface area contributed by atoms with E-state index >= 15 is 0 Å². The van der Waals surface area contributed by atoms with Gasteiger partial charge in [-0.25, -0.2) is 0 Å². The van der Waals surface area contributed by atoms with Crippen LogP contribution in [-0.2, 0) is 9.59 Å². The van der Waals surface area contributed by atoms with Gasteiger partial charge in [-0.1, -0.05) is 42.5 Å². The van der Waals surface area contributed by atoms with Crippen LogP contribution in [-0.4, -0.2) is 47.2 Å². The second-order valence-electron chi connectivity index (χ2n) is 8.47. The van der Waals surface area contributed by atoms with E-state index in [0.29, 0.717) is 23.3 Å². The first kappa shape index (κ1) is 30.4. The summed E-state index contributed by atoms with van der Waals surface area (Å²) >= 11 is 0. The topological polar surface area (TPSA) is 109 Å². The summed E-state index contributed by atoms with van der Waals surface area (Å²) < 4.78 is 0. The number of benzene rings is 2. The average molecular weight is 467 g/mol. The van der Waals surface area contributed by atoms with Crippen LogP contribution in [0, 0.1) is 6.92 Å². The van der Waals surface area contributed by atoms with E-state index < -0.39 is 0 Å². The summed E-state index contributed by atoms with van der Waals surface area (Å²) in [6, 6.07) is 18.3. The standard InChI is InChI=1S/C19H21N5.C5H13N.2CH2O/c1-13(2)20-18-22-17(15-9-5-4-6-10-15)23-19(24-18)21-16-11-7-8-14(3)12-16;1-5(2,3)6-4;2*1-2/h4-13H,1-3H3,(H2,20,21,22,23,24);6H,1-4H3;2*1H2. The maximum atomic E-state index is 8.00. The summed E-state index contributed by atoms with van der Waals surface area (Å²) in [7, 11) is 1.96. The largest absolute Gasteiger partial charge is 0.352 e. The van der Waals surface area contributed by atoms with E-state index in [4.69, 9.17) is 9.59 Å². The van der Waals surface area contributed by atoms with Crippen molar-refractivity contribution in [2.75, 3.05) is 17.7 Å². The summed E-state index contributed by atoms with van der Waals surface area (Å²) in [4.78, 5) is 29.6. The van der Waals surface area contributed by atoms with Crippen LogP contribution in [0.3, 0.4) is 0 Å². The number of anilines is 3. The molecular weight excluding hydrogens is 428 g/mol. The number of carbonyl (C=O) groups is 2. The molecule has 0 amide bonds. The molecule has 0 aliphatic heterocycles. The SMILES string of the molecule is C=O.C=O.CNC(C)(C)C.Cc1cccc(Nc2nc(NC(C)C)nc(-c3ccccc3)n2)c1. The first-order valence-corrected chi connectivity index (χ1v) is 10.8. The highest BCUT2D eigenvalue weighted by Gasteiger charge is 2.09. The average Bonchev–Trinajstić information content (AvgIpc) is 2.82. The molecular formula is C26H38N6O2. The molecule has 0 atom stereocenters. The van der Waals surface area contributed by atoms with Gasteiger partial charge in [-0.15, -0.1) is 0 Å². The fourth-order valence-electron chi connectivity index (χ4n) is 2.32. The van der Waals surface area contributed by atoms with Gasteiger partial charge in [0.1, 0.15) is 13.6 Å². The first-order chi connectivity index (χ1) is 16.2. The Morgan fingerprint density at radius 3 is 1.88 bits per heavy atom. The van der Waals surface area contributed by atoms with Crippen molar-refractivity contribution in [1.29, 1.82) is 0 Å². The van der Waals surface area contributed by atoms with Crippen LogP contribution in [0.5, 0.6) is 0 Å². The van der Waals surface area contributed by atoms with Crippen molar-refractivity contribution >= 4 is 31.2 Å². The highest BCUT2D eigenvalue weighted by Crippen LogP contribution is 2.20. The summed E-state index contributed by atoms with van der Waals surface area (Å²) in [5.41, 5.74) is 3.38.